The lowest BCUT2D eigenvalue weighted by Gasteiger charge is -2.37. The average molecular weight is 497 g/mol. The first-order valence-corrected chi connectivity index (χ1v) is 12.1. The van der Waals surface area contributed by atoms with Crippen molar-refractivity contribution in [2.75, 3.05) is 20.1 Å². The molecule has 0 radical (unpaired) electrons. The first-order chi connectivity index (χ1) is 17.3. The van der Waals surface area contributed by atoms with Crippen LogP contribution in [0.3, 0.4) is 0 Å². The molecule has 0 unspecified atom stereocenters. The topological polar surface area (TPSA) is 97.3 Å². The maximum atomic E-state index is 12.1. The van der Waals surface area contributed by atoms with E-state index in [-0.39, 0.29) is 24.7 Å². The lowest BCUT2D eigenvalue weighted by Crippen LogP contribution is -2.37. The average Bonchev–Trinajstić information content (AvgIpc) is 2.87. The van der Waals surface area contributed by atoms with Gasteiger partial charge in [-0.25, -0.2) is 0 Å². The van der Waals surface area contributed by atoms with Gasteiger partial charge < -0.3 is 29.5 Å². The second kappa shape index (κ2) is 13.3. The highest BCUT2D eigenvalue weighted by atomic mass is 16.7. The summed E-state index contributed by atoms with van der Waals surface area (Å²) in [4.78, 5) is 25.3. The molecule has 1 fully saturated rings. The van der Waals surface area contributed by atoms with Crippen LogP contribution in [0.1, 0.15) is 54.9 Å². The van der Waals surface area contributed by atoms with Crippen LogP contribution in [0.2, 0.25) is 0 Å². The van der Waals surface area contributed by atoms with E-state index in [0.29, 0.717) is 13.0 Å². The van der Waals surface area contributed by atoms with Crippen LogP contribution in [-0.2, 0) is 37.0 Å². The van der Waals surface area contributed by atoms with Crippen molar-refractivity contribution in [2.24, 2.45) is 0 Å². The summed E-state index contributed by atoms with van der Waals surface area (Å²) in [7, 11) is 2.03. The lowest BCUT2D eigenvalue weighted by atomic mass is 9.99. The number of aliphatic hydroxyl groups is 1. The highest BCUT2D eigenvalue weighted by Gasteiger charge is 2.32. The van der Waals surface area contributed by atoms with Crippen molar-refractivity contribution in [3.63, 3.8) is 0 Å². The predicted molar refractivity (Wildman–Crippen MR) is 136 cm³/mol. The molecule has 3 rings (SSSR count). The first-order valence-electron chi connectivity index (χ1n) is 12.1. The van der Waals surface area contributed by atoms with E-state index in [1.165, 1.54) is 13.8 Å². The highest BCUT2D eigenvalue weighted by molar-refractivity contribution is 5.82. The van der Waals surface area contributed by atoms with Crippen molar-refractivity contribution in [3.05, 3.63) is 83.4 Å². The summed E-state index contributed by atoms with van der Waals surface area (Å²) >= 11 is 0. The summed E-state index contributed by atoms with van der Waals surface area (Å²) in [5, 5.41) is 12.1. The molecule has 1 saturated heterocycles. The number of rotatable bonds is 11. The Morgan fingerprint density at radius 2 is 1.78 bits per heavy atom. The van der Waals surface area contributed by atoms with Crippen LogP contribution in [0.4, 0.5) is 0 Å². The Morgan fingerprint density at radius 1 is 1.14 bits per heavy atom. The van der Waals surface area contributed by atoms with Gasteiger partial charge in [-0.2, -0.15) is 0 Å². The molecule has 1 amide bonds. The van der Waals surface area contributed by atoms with E-state index in [4.69, 9.17) is 14.2 Å². The van der Waals surface area contributed by atoms with E-state index < -0.39 is 18.4 Å². The Bertz CT molecular complexity index is 1010. The highest BCUT2D eigenvalue weighted by Crippen LogP contribution is 2.38. The summed E-state index contributed by atoms with van der Waals surface area (Å²) in [5.41, 5.74) is 3.68. The number of amides is 1. The second-order valence-corrected chi connectivity index (χ2v) is 9.07. The van der Waals surface area contributed by atoms with Crippen LogP contribution in [0.25, 0.3) is 0 Å². The van der Waals surface area contributed by atoms with E-state index in [1.807, 2.05) is 61.7 Å². The van der Waals surface area contributed by atoms with Crippen LogP contribution in [-0.4, -0.2) is 54.2 Å². The fraction of sp³-hybridized carbons (Fsp3) is 0.429. The van der Waals surface area contributed by atoms with Crippen LogP contribution in [0, 0.1) is 0 Å². The van der Waals surface area contributed by atoms with E-state index in [2.05, 4.69) is 16.8 Å². The smallest absolute Gasteiger partial charge is 0.303 e. The fourth-order valence-electron chi connectivity index (χ4n) is 4.10. The maximum Gasteiger partial charge on any atom is 0.303 e. The summed E-state index contributed by atoms with van der Waals surface area (Å²) in [5.74, 6) is -0.846. The number of hydrogen-bond acceptors (Lipinski definition) is 7. The third-order valence-corrected chi connectivity index (χ3v) is 6.00. The molecule has 0 aromatic heterocycles. The Hall–Kier alpha value is -3.04. The number of aliphatic hydroxyl groups excluding tert-OH is 1. The van der Waals surface area contributed by atoms with Gasteiger partial charge in [-0.15, -0.1) is 6.58 Å². The number of ether oxygens (including phenoxy) is 3. The standard InChI is InChI=1S/C28H36N2O6/c1-5-14-30(4)17-25-15-26(23-10-8-22(18-31)9-11-23)36-28(35-25)24-12-6-21(7-13-24)16-29-27(33)19(2)34-20(3)32/h5-13,19,25-26,28,31H,1,14-18H2,2-4H3,(H,29,33)/t19-,25+,26-,28-/m0/s1. The van der Waals surface area contributed by atoms with Gasteiger partial charge in [0.05, 0.1) is 18.8 Å². The van der Waals surface area contributed by atoms with Crippen LogP contribution < -0.4 is 5.32 Å². The minimum absolute atomic E-state index is 0.00196. The van der Waals surface area contributed by atoms with Gasteiger partial charge in [0.15, 0.2) is 12.4 Å². The zero-order chi connectivity index (χ0) is 26.1. The molecule has 2 aromatic rings. The lowest BCUT2D eigenvalue weighted by molar-refractivity contribution is -0.252. The zero-order valence-corrected chi connectivity index (χ0v) is 21.2. The van der Waals surface area contributed by atoms with Crippen molar-refractivity contribution < 1.29 is 28.9 Å². The largest absolute Gasteiger partial charge is 0.453 e. The quantitative estimate of drug-likeness (QED) is 0.363. The molecule has 0 aliphatic carbocycles. The molecule has 1 aliphatic heterocycles. The molecular formula is C28H36N2O6. The third-order valence-electron chi connectivity index (χ3n) is 6.00. The number of esters is 1. The summed E-state index contributed by atoms with van der Waals surface area (Å²) < 4.78 is 17.6. The summed E-state index contributed by atoms with van der Waals surface area (Å²) in [6, 6.07) is 15.5. The molecule has 4 atom stereocenters. The third kappa shape index (κ3) is 7.99. The van der Waals surface area contributed by atoms with E-state index in [9.17, 15) is 14.7 Å². The van der Waals surface area contributed by atoms with Gasteiger partial charge in [-0.1, -0.05) is 54.6 Å². The van der Waals surface area contributed by atoms with E-state index in [1.54, 1.807) is 0 Å². The van der Waals surface area contributed by atoms with E-state index >= 15 is 0 Å². The predicted octanol–water partition coefficient (Wildman–Crippen LogP) is 3.41. The molecular weight excluding hydrogens is 460 g/mol. The summed E-state index contributed by atoms with van der Waals surface area (Å²) in [6.45, 7) is 8.44. The van der Waals surface area contributed by atoms with Gasteiger partial charge in [0, 0.05) is 38.5 Å². The minimum atomic E-state index is -0.842. The fourth-order valence-corrected chi connectivity index (χ4v) is 4.10. The number of likely N-dealkylation sites (N-methyl/N-ethyl adjacent to an activating group) is 1. The van der Waals surface area contributed by atoms with Gasteiger partial charge in [-0.3, -0.25) is 9.59 Å². The summed E-state index contributed by atoms with van der Waals surface area (Å²) in [6.07, 6.45) is 0.993. The minimum Gasteiger partial charge on any atom is -0.453 e. The Balaban J connectivity index is 1.69. The molecule has 0 spiro atoms. The molecule has 2 N–H and O–H groups in total. The van der Waals surface area contributed by atoms with Crippen molar-refractivity contribution in [2.45, 2.75) is 58.0 Å². The van der Waals surface area contributed by atoms with Gasteiger partial charge in [0.25, 0.3) is 5.91 Å². The Kier molecular flexibility index (Phi) is 10.2. The normalized spacial score (nSPS) is 20.5. The van der Waals surface area contributed by atoms with Crippen molar-refractivity contribution in [1.82, 2.24) is 10.2 Å². The second-order valence-electron chi connectivity index (χ2n) is 9.07. The van der Waals surface area contributed by atoms with Crippen LogP contribution in [0.5, 0.6) is 0 Å². The number of carbonyl (C=O) groups excluding carboxylic acids is 2. The number of nitrogens with one attached hydrogen (secondary N) is 1. The molecule has 1 heterocycles. The number of benzene rings is 2. The van der Waals surface area contributed by atoms with Crippen LogP contribution in [0.15, 0.2) is 61.2 Å². The molecule has 36 heavy (non-hydrogen) atoms. The van der Waals surface area contributed by atoms with Crippen molar-refractivity contribution in [3.8, 4) is 0 Å². The Morgan fingerprint density at radius 3 is 2.39 bits per heavy atom. The molecule has 1 aliphatic rings. The first kappa shape index (κ1) is 27.5. The van der Waals surface area contributed by atoms with Gasteiger partial charge in [0.2, 0.25) is 0 Å². The number of hydrogen-bond donors (Lipinski definition) is 2. The maximum absolute atomic E-state index is 12.1. The van der Waals surface area contributed by atoms with Gasteiger partial charge in [0.1, 0.15) is 0 Å². The molecule has 2 aromatic carbocycles. The van der Waals surface area contributed by atoms with Crippen LogP contribution >= 0.6 is 0 Å². The number of nitrogens with zero attached hydrogens (tertiary/aromatic N) is 1. The molecule has 194 valence electrons. The number of carbonyl (C=O) groups is 2. The monoisotopic (exact) mass is 496 g/mol. The van der Waals surface area contributed by atoms with E-state index in [0.717, 1.165) is 35.3 Å². The van der Waals surface area contributed by atoms with Gasteiger partial charge >= 0.3 is 5.97 Å². The molecule has 0 bridgehead atoms. The molecule has 8 heteroatoms. The molecule has 8 nitrogen and oxygen atoms in total. The Labute approximate surface area is 212 Å². The van der Waals surface area contributed by atoms with Gasteiger partial charge in [-0.05, 0) is 30.7 Å². The van der Waals surface area contributed by atoms with Crippen molar-refractivity contribution in [1.29, 1.82) is 0 Å². The SMILES string of the molecule is C=CCN(C)C[C@H]1C[C@@H](c2ccc(CO)cc2)O[C@@H](c2ccc(CNC(=O)[C@H](C)OC(C)=O)cc2)O1. The van der Waals surface area contributed by atoms with Crippen molar-refractivity contribution >= 4 is 11.9 Å². The zero-order valence-electron chi connectivity index (χ0n) is 21.2. The molecule has 0 saturated carbocycles.